The van der Waals surface area contributed by atoms with E-state index in [4.69, 9.17) is 5.73 Å². The van der Waals surface area contributed by atoms with Crippen molar-refractivity contribution in [2.75, 3.05) is 13.6 Å². The molecule has 1 unspecified atom stereocenters. The number of carbonyl (C=O) groups excluding carboxylic acids is 1. The van der Waals surface area contributed by atoms with Gasteiger partial charge in [-0.3, -0.25) is 4.79 Å². The zero-order valence-electron chi connectivity index (χ0n) is 14.1. The minimum atomic E-state index is -0.0582. The van der Waals surface area contributed by atoms with Crippen LogP contribution in [0.3, 0.4) is 0 Å². The van der Waals surface area contributed by atoms with E-state index in [0.717, 1.165) is 11.0 Å². The van der Waals surface area contributed by atoms with E-state index < -0.39 is 0 Å². The van der Waals surface area contributed by atoms with Gasteiger partial charge in [-0.05, 0) is 33.8 Å². The molecular formula is C15H25Cl2N5O. The number of pyridine rings is 1. The van der Waals surface area contributed by atoms with Gasteiger partial charge in [0.2, 0.25) is 0 Å². The predicted molar refractivity (Wildman–Crippen MR) is 97.8 cm³/mol. The standard InChI is InChI=1S/C15H23N5O.2ClH/c1-9(2)20-14-12(8-17-20)6-13(11(4)18-14)15(21)19(5)10(3)7-16;;/h6,8-10H,7,16H2,1-5H3;2*1H. The smallest absolute Gasteiger partial charge is 0.255 e. The highest BCUT2D eigenvalue weighted by molar-refractivity contribution is 5.98. The Morgan fingerprint density at radius 2 is 1.96 bits per heavy atom. The summed E-state index contributed by atoms with van der Waals surface area (Å²) in [6, 6.07) is 2.09. The normalized spacial score (nSPS) is 11.8. The van der Waals surface area contributed by atoms with Crippen molar-refractivity contribution in [3.63, 3.8) is 0 Å². The van der Waals surface area contributed by atoms with Crippen molar-refractivity contribution < 1.29 is 4.79 Å². The van der Waals surface area contributed by atoms with Gasteiger partial charge in [0.25, 0.3) is 5.91 Å². The molecule has 1 atom stereocenters. The first-order valence-corrected chi connectivity index (χ1v) is 7.18. The molecule has 0 saturated heterocycles. The number of rotatable bonds is 4. The number of carbonyl (C=O) groups is 1. The van der Waals surface area contributed by atoms with Gasteiger partial charge in [-0.1, -0.05) is 0 Å². The van der Waals surface area contributed by atoms with E-state index in [-0.39, 0.29) is 42.8 Å². The maximum absolute atomic E-state index is 12.6. The maximum atomic E-state index is 12.6. The molecule has 0 fully saturated rings. The van der Waals surface area contributed by atoms with Crippen LogP contribution in [0, 0.1) is 6.92 Å². The van der Waals surface area contributed by atoms with E-state index in [1.807, 2.05) is 24.6 Å². The molecule has 2 N–H and O–H groups in total. The Labute approximate surface area is 149 Å². The van der Waals surface area contributed by atoms with Gasteiger partial charge in [-0.25, -0.2) is 9.67 Å². The first-order chi connectivity index (χ1) is 9.86. The number of likely N-dealkylation sites (N-methyl/N-ethyl adjacent to an activating group) is 1. The summed E-state index contributed by atoms with van der Waals surface area (Å²) in [4.78, 5) is 18.8. The molecule has 23 heavy (non-hydrogen) atoms. The number of nitrogens with zero attached hydrogens (tertiary/aromatic N) is 4. The lowest BCUT2D eigenvalue weighted by Crippen LogP contribution is -2.40. The summed E-state index contributed by atoms with van der Waals surface area (Å²) in [5.41, 5.74) is 7.76. The van der Waals surface area contributed by atoms with Gasteiger partial charge in [0.1, 0.15) is 0 Å². The van der Waals surface area contributed by atoms with Gasteiger partial charge in [0.05, 0.1) is 17.5 Å². The third-order valence-electron chi connectivity index (χ3n) is 3.80. The van der Waals surface area contributed by atoms with Crippen LogP contribution in [0.2, 0.25) is 0 Å². The molecule has 6 nitrogen and oxygen atoms in total. The Hall–Kier alpha value is -1.37. The molecule has 0 aromatic carbocycles. The fourth-order valence-corrected chi connectivity index (χ4v) is 2.21. The van der Waals surface area contributed by atoms with E-state index >= 15 is 0 Å². The van der Waals surface area contributed by atoms with E-state index in [2.05, 4.69) is 23.9 Å². The molecule has 2 aromatic rings. The molecule has 130 valence electrons. The highest BCUT2D eigenvalue weighted by Gasteiger charge is 2.20. The Kier molecular flexibility index (Phi) is 7.97. The fourth-order valence-electron chi connectivity index (χ4n) is 2.21. The van der Waals surface area contributed by atoms with E-state index in [0.29, 0.717) is 17.8 Å². The van der Waals surface area contributed by atoms with Crippen LogP contribution in [0.5, 0.6) is 0 Å². The summed E-state index contributed by atoms with van der Waals surface area (Å²) in [6.45, 7) is 8.32. The van der Waals surface area contributed by atoms with Crippen LogP contribution >= 0.6 is 24.8 Å². The van der Waals surface area contributed by atoms with Crippen LogP contribution in [0.15, 0.2) is 12.3 Å². The lowest BCUT2D eigenvalue weighted by molar-refractivity contribution is 0.0747. The number of amides is 1. The molecule has 2 rings (SSSR count). The number of nitrogens with two attached hydrogens (primary N) is 1. The van der Waals surface area contributed by atoms with Gasteiger partial charge in [0.15, 0.2) is 5.65 Å². The Morgan fingerprint density at radius 1 is 1.35 bits per heavy atom. The van der Waals surface area contributed by atoms with Crippen molar-refractivity contribution in [2.45, 2.75) is 39.8 Å². The lowest BCUT2D eigenvalue weighted by atomic mass is 10.1. The number of halogens is 2. The summed E-state index contributed by atoms with van der Waals surface area (Å²) in [6.07, 6.45) is 1.75. The van der Waals surface area contributed by atoms with Gasteiger partial charge >= 0.3 is 0 Å². The summed E-state index contributed by atoms with van der Waals surface area (Å²) in [5, 5.41) is 5.22. The quantitative estimate of drug-likeness (QED) is 0.907. The van der Waals surface area contributed by atoms with Crippen LogP contribution in [-0.4, -0.2) is 45.2 Å². The van der Waals surface area contributed by atoms with Crippen LogP contribution in [0.25, 0.3) is 11.0 Å². The zero-order valence-corrected chi connectivity index (χ0v) is 15.7. The van der Waals surface area contributed by atoms with Crippen LogP contribution < -0.4 is 5.73 Å². The highest BCUT2D eigenvalue weighted by Crippen LogP contribution is 2.20. The second-order valence-electron chi connectivity index (χ2n) is 5.72. The van der Waals surface area contributed by atoms with Gasteiger partial charge < -0.3 is 10.6 Å². The summed E-state index contributed by atoms with van der Waals surface area (Å²) in [5.74, 6) is -0.0582. The number of hydrogen-bond acceptors (Lipinski definition) is 4. The average Bonchev–Trinajstić information content (AvgIpc) is 2.86. The first kappa shape index (κ1) is 21.6. The van der Waals surface area contributed by atoms with Gasteiger partial charge in [-0.15, -0.1) is 24.8 Å². The van der Waals surface area contributed by atoms with Gasteiger partial charge in [0, 0.05) is 31.1 Å². The molecule has 0 aliphatic heterocycles. The Balaban J connectivity index is 0.00000242. The summed E-state index contributed by atoms with van der Waals surface area (Å²) in [7, 11) is 1.76. The third kappa shape index (κ3) is 4.13. The molecule has 1 amide bonds. The number of aryl methyl sites for hydroxylation is 1. The lowest BCUT2D eigenvalue weighted by Gasteiger charge is -2.24. The van der Waals surface area contributed by atoms with Crippen molar-refractivity contribution in [3.8, 4) is 0 Å². The monoisotopic (exact) mass is 361 g/mol. The van der Waals surface area contributed by atoms with Crippen molar-refractivity contribution in [2.24, 2.45) is 5.73 Å². The number of hydrogen-bond donors (Lipinski definition) is 1. The molecule has 0 aliphatic carbocycles. The molecule has 2 heterocycles. The predicted octanol–water partition coefficient (Wildman–Crippen LogP) is 2.58. The van der Waals surface area contributed by atoms with Crippen molar-refractivity contribution in [1.82, 2.24) is 19.7 Å². The minimum Gasteiger partial charge on any atom is -0.338 e. The van der Waals surface area contributed by atoms with E-state index in [1.165, 1.54) is 0 Å². The van der Waals surface area contributed by atoms with E-state index in [1.54, 1.807) is 18.1 Å². The van der Waals surface area contributed by atoms with E-state index in [9.17, 15) is 4.79 Å². The first-order valence-electron chi connectivity index (χ1n) is 7.18. The maximum Gasteiger partial charge on any atom is 0.255 e. The second kappa shape index (κ2) is 8.47. The molecule has 0 saturated carbocycles. The summed E-state index contributed by atoms with van der Waals surface area (Å²) >= 11 is 0. The molecule has 0 spiro atoms. The topological polar surface area (TPSA) is 77.0 Å². The molecule has 0 bridgehead atoms. The van der Waals surface area contributed by atoms with Crippen LogP contribution in [0.1, 0.15) is 42.9 Å². The molecular weight excluding hydrogens is 337 g/mol. The minimum absolute atomic E-state index is 0. The molecule has 2 aromatic heterocycles. The van der Waals surface area contributed by atoms with Crippen LogP contribution in [0.4, 0.5) is 0 Å². The highest BCUT2D eigenvalue weighted by atomic mass is 35.5. The third-order valence-corrected chi connectivity index (χ3v) is 3.80. The zero-order chi connectivity index (χ0) is 15.7. The fraction of sp³-hybridized carbons (Fsp3) is 0.533. The van der Waals surface area contributed by atoms with Gasteiger partial charge in [-0.2, -0.15) is 5.10 Å². The Bertz CT molecular complexity index is 671. The molecule has 8 heteroatoms. The largest absolute Gasteiger partial charge is 0.338 e. The van der Waals surface area contributed by atoms with Crippen molar-refractivity contribution in [1.29, 1.82) is 0 Å². The number of fused-ring (bicyclic) bond motifs is 1. The molecule has 0 aliphatic rings. The SMILES string of the molecule is Cc1nc2c(cnn2C(C)C)cc1C(=O)N(C)C(C)CN.Cl.Cl. The van der Waals surface area contributed by atoms with Crippen LogP contribution in [-0.2, 0) is 0 Å². The average molecular weight is 362 g/mol. The number of aromatic nitrogens is 3. The summed E-state index contributed by atoms with van der Waals surface area (Å²) < 4.78 is 1.86. The second-order valence-corrected chi connectivity index (χ2v) is 5.72. The van der Waals surface area contributed by atoms with Crippen molar-refractivity contribution in [3.05, 3.63) is 23.5 Å². The molecule has 0 radical (unpaired) electrons. The van der Waals surface area contributed by atoms with Crippen molar-refractivity contribution >= 4 is 41.8 Å². The Morgan fingerprint density at radius 3 is 2.48 bits per heavy atom.